The molecule has 8 heteroatoms. The highest BCUT2D eigenvalue weighted by Crippen LogP contribution is 2.40. The molecule has 0 heterocycles. The Morgan fingerprint density at radius 3 is 2.06 bits per heavy atom. The smallest absolute Gasteiger partial charge is 0.349 e. The molecule has 0 aliphatic heterocycles. The summed E-state index contributed by atoms with van der Waals surface area (Å²) in [6.07, 6.45) is 0. The number of aromatic hydroxyl groups is 1. The van der Waals surface area contributed by atoms with Gasteiger partial charge >= 0.3 is 7.60 Å². The maximum atomic E-state index is 11.6. The fourth-order valence-corrected chi connectivity index (χ4v) is 1.69. The summed E-state index contributed by atoms with van der Waals surface area (Å²) in [5.41, 5.74) is 11.0. The lowest BCUT2D eigenvalue weighted by molar-refractivity contribution is -0.120. The molecule has 1 unspecified atom stereocenters. The average Bonchev–Trinajstić information content (AvgIpc) is 2.26. The molecule has 17 heavy (non-hydrogen) atoms. The van der Waals surface area contributed by atoms with E-state index in [4.69, 9.17) is 26.4 Å². The van der Waals surface area contributed by atoms with Crippen molar-refractivity contribution >= 4 is 13.4 Å². The lowest BCUT2D eigenvalue weighted by Gasteiger charge is -2.17. The van der Waals surface area contributed by atoms with Crippen LogP contribution in [0.4, 0.5) is 0 Å². The summed E-state index contributed by atoms with van der Waals surface area (Å²) in [5, 5.41) is 9.04. The van der Waals surface area contributed by atoms with Crippen molar-refractivity contribution in [2.24, 2.45) is 11.5 Å². The van der Waals surface area contributed by atoms with Gasteiger partial charge in [0.1, 0.15) is 5.75 Å². The molecule has 0 spiro atoms. The second-order valence-corrected chi connectivity index (χ2v) is 5.24. The Kier molecular flexibility index (Phi) is 4.03. The van der Waals surface area contributed by atoms with Crippen molar-refractivity contribution in [3.05, 3.63) is 29.8 Å². The van der Waals surface area contributed by atoms with Crippen molar-refractivity contribution in [3.63, 3.8) is 0 Å². The fraction of sp³-hybridized carbons (Fsp3) is 0.222. The van der Waals surface area contributed by atoms with Gasteiger partial charge in [-0.05, 0) is 17.7 Å². The van der Waals surface area contributed by atoms with Crippen molar-refractivity contribution in [2.45, 2.75) is 11.8 Å². The summed E-state index contributed by atoms with van der Waals surface area (Å²) in [5.74, 6) is -2.90. The molecule has 0 saturated carbocycles. The average molecular weight is 260 g/mol. The summed E-state index contributed by atoms with van der Waals surface area (Å²) in [4.78, 5) is 29.1. The summed E-state index contributed by atoms with van der Waals surface area (Å²) in [6.45, 7) is 0. The SMILES string of the molecule is NC(C(=O)[C@H](N)c1ccc(O)cc1)P(=O)(O)O. The third-order valence-electron chi connectivity index (χ3n) is 2.21. The minimum Gasteiger partial charge on any atom is -0.508 e. The van der Waals surface area contributed by atoms with Gasteiger partial charge in [-0.2, -0.15) is 0 Å². The number of carbonyl (C=O) groups is 1. The van der Waals surface area contributed by atoms with Gasteiger partial charge in [0.05, 0.1) is 6.04 Å². The van der Waals surface area contributed by atoms with Crippen LogP contribution >= 0.6 is 7.60 Å². The van der Waals surface area contributed by atoms with Crippen LogP contribution in [-0.2, 0) is 9.36 Å². The zero-order chi connectivity index (χ0) is 13.2. The van der Waals surface area contributed by atoms with Crippen LogP contribution in [0.1, 0.15) is 11.6 Å². The topological polar surface area (TPSA) is 147 Å². The summed E-state index contributed by atoms with van der Waals surface area (Å²) < 4.78 is 10.8. The number of ketones is 1. The molecule has 0 aliphatic carbocycles. The molecule has 94 valence electrons. The number of rotatable bonds is 4. The first-order valence-corrected chi connectivity index (χ1v) is 6.30. The third-order valence-corrected chi connectivity index (χ3v) is 3.19. The highest BCUT2D eigenvalue weighted by molar-refractivity contribution is 7.53. The lowest BCUT2D eigenvalue weighted by atomic mass is 10.0. The predicted molar refractivity (Wildman–Crippen MR) is 60.1 cm³/mol. The minimum atomic E-state index is -4.70. The normalized spacial score (nSPS) is 15.3. The number of carbonyl (C=O) groups excluding carboxylic acids is 1. The number of nitrogens with two attached hydrogens (primary N) is 2. The molecule has 0 amide bonds. The van der Waals surface area contributed by atoms with E-state index in [0.717, 1.165) is 0 Å². The van der Waals surface area contributed by atoms with Crippen LogP contribution in [0.3, 0.4) is 0 Å². The highest BCUT2D eigenvalue weighted by atomic mass is 31.2. The van der Waals surface area contributed by atoms with E-state index in [0.29, 0.717) is 5.56 Å². The van der Waals surface area contributed by atoms with Crippen molar-refractivity contribution in [1.29, 1.82) is 0 Å². The Morgan fingerprint density at radius 2 is 1.65 bits per heavy atom. The molecule has 0 bridgehead atoms. The van der Waals surface area contributed by atoms with E-state index in [2.05, 4.69) is 0 Å². The molecule has 7 N–H and O–H groups in total. The molecule has 0 aliphatic rings. The second-order valence-electron chi connectivity index (χ2n) is 3.51. The van der Waals surface area contributed by atoms with Crippen molar-refractivity contribution in [1.82, 2.24) is 0 Å². The van der Waals surface area contributed by atoms with Gasteiger partial charge in [-0.25, -0.2) is 0 Å². The molecule has 0 aromatic heterocycles. The van der Waals surface area contributed by atoms with Gasteiger partial charge < -0.3 is 26.4 Å². The van der Waals surface area contributed by atoms with Gasteiger partial charge in [-0.1, -0.05) is 12.1 Å². The lowest BCUT2D eigenvalue weighted by Crippen LogP contribution is -2.37. The maximum absolute atomic E-state index is 11.6. The molecule has 1 aromatic rings. The monoisotopic (exact) mass is 260 g/mol. The Bertz CT molecular complexity index is 455. The molecule has 7 nitrogen and oxygen atoms in total. The van der Waals surface area contributed by atoms with E-state index in [9.17, 15) is 9.36 Å². The number of hydrogen-bond acceptors (Lipinski definition) is 5. The quantitative estimate of drug-likeness (QED) is 0.455. The van der Waals surface area contributed by atoms with Gasteiger partial charge in [0.25, 0.3) is 0 Å². The van der Waals surface area contributed by atoms with E-state index in [1.165, 1.54) is 24.3 Å². The van der Waals surface area contributed by atoms with E-state index in [1.54, 1.807) is 0 Å². The molecular formula is C9H13N2O5P. The van der Waals surface area contributed by atoms with E-state index < -0.39 is 25.2 Å². The van der Waals surface area contributed by atoms with Crippen molar-refractivity contribution in [2.75, 3.05) is 0 Å². The molecule has 0 fully saturated rings. The number of phenols is 1. The molecule has 2 atom stereocenters. The summed E-state index contributed by atoms with van der Waals surface area (Å²) in [7, 11) is -4.70. The van der Waals surface area contributed by atoms with Crippen molar-refractivity contribution in [3.8, 4) is 5.75 Å². The van der Waals surface area contributed by atoms with Crippen LogP contribution < -0.4 is 11.5 Å². The predicted octanol–water partition coefficient (Wildman–Crippen LogP) is -0.576. The Hall–Kier alpha value is -1.24. The zero-order valence-corrected chi connectivity index (χ0v) is 9.62. The number of Topliss-reactive ketones (excluding diaryl/α,β-unsaturated/α-hetero) is 1. The van der Waals surface area contributed by atoms with Crippen LogP contribution in [0.5, 0.6) is 5.75 Å². The first-order chi connectivity index (χ1) is 7.73. The van der Waals surface area contributed by atoms with E-state index >= 15 is 0 Å². The van der Waals surface area contributed by atoms with Gasteiger partial charge in [0.15, 0.2) is 11.6 Å². The summed E-state index contributed by atoms with van der Waals surface area (Å²) in [6, 6.07) is 4.14. The molecule has 0 radical (unpaired) electrons. The van der Waals surface area contributed by atoms with Crippen LogP contribution in [0.25, 0.3) is 0 Å². The Balaban J connectivity index is 2.91. The summed E-state index contributed by atoms with van der Waals surface area (Å²) >= 11 is 0. The first kappa shape index (κ1) is 13.8. The number of phenolic OH excluding ortho intramolecular Hbond substituents is 1. The van der Waals surface area contributed by atoms with Crippen molar-refractivity contribution < 1.29 is 24.3 Å². The van der Waals surface area contributed by atoms with Crippen LogP contribution in [0.15, 0.2) is 24.3 Å². The van der Waals surface area contributed by atoms with Crippen LogP contribution in [0.2, 0.25) is 0 Å². The Morgan fingerprint density at radius 1 is 1.18 bits per heavy atom. The molecule has 0 saturated heterocycles. The number of hydrogen-bond donors (Lipinski definition) is 5. The van der Waals surface area contributed by atoms with E-state index in [1.807, 2.05) is 0 Å². The zero-order valence-electron chi connectivity index (χ0n) is 8.72. The van der Waals surface area contributed by atoms with Crippen LogP contribution in [-0.4, -0.2) is 26.5 Å². The molecule has 1 aromatic carbocycles. The highest BCUT2D eigenvalue weighted by Gasteiger charge is 2.35. The van der Waals surface area contributed by atoms with Gasteiger partial charge in [0, 0.05) is 0 Å². The minimum absolute atomic E-state index is 0.00677. The van der Waals surface area contributed by atoms with Gasteiger partial charge in [-0.3, -0.25) is 9.36 Å². The van der Waals surface area contributed by atoms with Crippen LogP contribution in [0, 0.1) is 0 Å². The first-order valence-electron chi connectivity index (χ1n) is 4.62. The van der Waals surface area contributed by atoms with Gasteiger partial charge in [-0.15, -0.1) is 0 Å². The molecule has 1 rings (SSSR count). The van der Waals surface area contributed by atoms with E-state index in [-0.39, 0.29) is 5.75 Å². The molecular weight excluding hydrogens is 247 g/mol. The van der Waals surface area contributed by atoms with Gasteiger partial charge in [0.2, 0.25) is 0 Å². The number of benzene rings is 1. The second kappa shape index (κ2) is 4.95. The largest absolute Gasteiger partial charge is 0.508 e. The standard InChI is InChI=1S/C9H13N2O5P/c10-7(5-1-3-6(12)4-2-5)8(13)9(11)17(14,15)16/h1-4,7,9,12H,10-11H2,(H2,14,15,16)/t7-,9?/m1/s1. The third kappa shape index (κ3) is 3.36. The fourth-order valence-electron chi connectivity index (χ4n) is 1.20. The maximum Gasteiger partial charge on any atom is 0.349 e. The Labute approximate surface area is 97.2 Å².